The number of aryl methyl sites for hydroxylation is 1. The molecular weight excluding hydrogens is 241 g/mol. The minimum atomic E-state index is -0.239. The van der Waals surface area contributed by atoms with Gasteiger partial charge in [-0.3, -0.25) is 0 Å². The summed E-state index contributed by atoms with van der Waals surface area (Å²) < 4.78 is 13.0. The first-order chi connectivity index (χ1) is 9.28. The zero-order chi connectivity index (χ0) is 13.2. The van der Waals surface area contributed by atoms with Gasteiger partial charge >= 0.3 is 0 Å². The Hall–Kier alpha value is -1.97. The van der Waals surface area contributed by atoms with Gasteiger partial charge in [-0.1, -0.05) is 0 Å². The van der Waals surface area contributed by atoms with Gasteiger partial charge in [0.1, 0.15) is 11.6 Å². The lowest BCUT2D eigenvalue weighted by molar-refractivity contribution is 0.628. The summed E-state index contributed by atoms with van der Waals surface area (Å²) in [5.41, 5.74) is 3.23. The Morgan fingerprint density at radius 1 is 1.16 bits per heavy atom. The first kappa shape index (κ1) is 12.1. The molecule has 0 radical (unpaired) electrons. The molecule has 19 heavy (non-hydrogen) atoms. The lowest BCUT2D eigenvalue weighted by Crippen LogP contribution is -2.06. The van der Waals surface area contributed by atoms with Crippen molar-refractivity contribution in [2.45, 2.75) is 26.2 Å². The van der Waals surface area contributed by atoms with E-state index in [-0.39, 0.29) is 5.82 Å². The van der Waals surface area contributed by atoms with E-state index in [9.17, 15) is 4.39 Å². The molecule has 1 N–H and O–H groups in total. The largest absolute Gasteiger partial charge is 0.370 e. The van der Waals surface area contributed by atoms with E-state index >= 15 is 0 Å². The Balaban J connectivity index is 2.07. The van der Waals surface area contributed by atoms with Gasteiger partial charge in [0.05, 0.1) is 0 Å². The first-order valence-electron chi connectivity index (χ1n) is 6.67. The van der Waals surface area contributed by atoms with E-state index in [1.165, 1.54) is 17.7 Å². The average molecular weight is 257 g/mol. The number of anilines is 1. The molecule has 2 aromatic rings. The molecule has 1 heterocycles. The van der Waals surface area contributed by atoms with Crippen LogP contribution in [0.25, 0.3) is 11.4 Å². The van der Waals surface area contributed by atoms with Gasteiger partial charge in [-0.15, -0.1) is 0 Å². The topological polar surface area (TPSA) is 37.8 Å². The smallest absolute Gasteiger partial charge is 0.161 e. The van der Waals surface area contributed by atoms with Crippen LogP contribution >= 0.6 is 0 Å². The number of benzene rings is 1. The molecule has 1 aliphatic rings. The van der Waals surface area contributed by atoms with Gasteiger partial charge in [0.15, 0.2) is 5.82 Å². The number of fused-ring (bicyclic) bond motifs is 1. The van der Waals surface area contributed by atoms with Gasteiger partial charge in [0.2, 0.25) is 0 Å². The third kappa shape index (κ3) is 2.30. The van der Waals surface area contributed by atoms with Gasteiger partial charge in [0.25, 0.3) is 0 Å². The average Bonchev–Trinajstić information content (AvgIpc) is 2.88. The minimum absolute atomic E-state index is 0.239. The second-order valence-electron chi connectivity index (χ2n) is 4.71. The standard InChI is InChI=1S/C15H16FN3/c1-2-17-15-12-4-3-5-13(12)18-14(19-15)10-6-8-11(16)9-7-10/h6-9H,2-5H2,1H3,(H,17,18,19). The molecule has 0 amide bonds. The van der Waals surface area contributed by atoms with Gasteiger partial charge in [-0.25, -0.2) is 14.4 Å². The van der Waals surface area contributed by atoms with E-state index in [4.69, 9.17) is 0 Å². The number of hydrogen-bond acceptors (Lipinski definition) is 3. The van der Waals surface area contributed by atoms with E-state index in [0.717, 1.165) is 42.9 Å². The van der Waals surface area contributed by atoms with E-state index < -0.39 is 0 Å². The molecule has 3 rings (SSSR count). The molecule has 1 aromatic carbocycles. The fourth-order valence-corrected chi connectivity index (χ4v) is 2.47. The summed E-state index contributed by atoms with van der Waals surface area (Å²) in [7, 11) is 0. The van der Waals surface area contributed by atoms with E-state index in [2.05, 4.69) is 22.2 Å². The van der Waals surface area contributed by atoms with Crippen molar-refractivity contribution < 1.29 is 4.39 Å². The maximum atomic E-state index is 13.0. The summed E-state index contributed by atoms with van der Waals surface area (Å²) in [5.74, 6) is 1.37. The maximum absolute atomic E-state index is 13.0. The number of aromatic nitrogens is 2. The van der Waals surface area contributed by atoms with Crippen LogP contribution in [0, 0.1) is 5.82 Å². The van der Waals surface area contributed by atoms with E-state index in [0.29, 0.717) is 5.82 Å². The number of nitrogens with zero attached hydrogens (tertiary/aromatic N) is 2. The van der Waals surface area contributed by atoms with Crippen LogP contribution in [0.3, 0.4) is 0 Å². The molecule has 1 aromatic heterocycles. The molecule has 0 atom stereocenters. The van der Waals surface area contributed by atoms with Crippen LogP contribution in [0.15, 0.2) is 24.3 Å². The Labute approximate surface area is 111 Å². The molecule has 98 valence electrons. The number of halogens is 1. The van der Waals surface area contributed by atoms with Crippen molar-refractivity contribution >= 4 is 5.82 Å². The van der Waals surface area contributed by atoms with Gasteiger partial charge in [-0.05, 0) is 50.5 Å². The molecule has 1 aliphatic carbocycles. The third-order valence-corrected chi connectivity index (χ3v) is 3.38. The predicted octanol–water partition coefficient (Wildman–Crippen LogP) is 3.20. The van der Waals surface area contributed by atoms with Gasteiger partial charge in [-0.2, -0.15) is 0 Å². The van der Waals surface area contributed by atoms with Crippen LogP contribution in [-0.2, 0) is 12.8 Å². The fraction of sp³-hybridized carbons (Fsp3) is 0.333. The maximum Gasteiger partial charge on any atom is 0.161 e. The van der Waals surface area contributed by atoms with Crippen molar-refractivity contribution in [2.24, 2.45) is 0 Å². The third-order valence-electron chi connectivity index (χ3n) is 3.38. The zero-order valence-corrected chi connectivity index (χ0v) is 10.9. The van der Waals surface area contributed by atoms with E-state index in [1.54, 1.807) is 12.1 Å². The normalized spacial score (nSPS) is 13.4. The Kier molecular flexibility index (Phi) is 3.15. The fourth-order valence-electron chi connectivity index (χ4n) is 2.47. The van der Waals surface area contributed by atoms with Crippen molar-refractivity contribution in [3.05, 3.63) is 41.3 Å². The first-order valence-corrected chi connectivity index (χ1v) is 6.67. The van der Waals surface area contributed by atoms with Crippen molar-refractivity contribution in [1.82, 2.24) is 9.97 Å². The molecule has 0 fully saturated rings. The molecule has 0 unspecified atom stereocenters. The number of hydrogen-bond donors (Lipinski definition) is 1. The highest BCUT2D eigenvalue weighted by atomic mass is 19.1. The van der Waals surface area contributed by atoms with Gasteiger partial charge in [0, 0.05) is 23.4 Å². The zero-order valence-electron chi connectivity index (χ0n) is 10.9. The van der Waals surface area contributed by atoms with Gasteiger partial charge < -0.3 is 5.32 Å². The lowest BCUT2D eigenvalue weighted by Gasteiger charge is -2.11. The molecule has 0 saturated carbocycles. The summed E-state index contributed by atoms with van der Waals surface area (Å²) >= 11 is 0. The molecule has 0 saturated heterocycles. The number of nitrogens with one attached hydrogen (secondary N) is 1. The summed E-state index contributed by atoms with van der Waals surface area (Å²) in [6, 6.07) is 6.33. The van der Waals surface area contributed by atoms with Crippen LogP contribution in [0.2, 0.25) is 0 Å². The summed E-state index contributed by atoms with van der Waals surface area (Å²) in [5, 5.41) is 3.30. The van der Waals surface area contributed by atoms with E-state index in [1.807, 2.05) is 0 Å². The van der Waals surface area contributed by atoms with Crippen molar-refractivity contribution in [1.29, 1.82) is 0 Å². The minimum Gasteiger partial charge on any atom is -0.370 e. The van der Waals surface area contributed by atoms with Crippen LogP contribution in [-0.4, -0.2) is 16.5 Å². The monoisotopic (exact) mass is 257 g/mol. The highest BCUT2D eigenvalue weighted by Gasteiger charge is 2.19. The molecule has 4 heteroatoms. The highest BCUT2D eigenvalue weighted by Crippen LogP contribution is 2.29. The summed E-state index contributed by atoms with van der Waals surface area (Å²) in [6.45, 7) is 2.90. The highest BCUT2D eigenvalue weighted by molar-refractivity contribution is 5.60. The lowest BCUT2D eigenvalue weighted by atomic mass is 10.2. The second kappa shape index (κ2) is 4.96. The molecule has 3 nitrogen and oxygen atoms in total. The quantitative estimate of drug-likeness (QED) is 0.917. The van der Waals surface area contributed by atoms with Crippen LogP contribution < -0.4 is 5.32 Å². The van der Waals surface area contributed by atoms with Crippen LogP contribution in [0.4, 0.5) is 10.2 Å². The Morgan fingerprint density at radius 3 is 2.68 bits per heavy atom. The van der Waals surface area contributed by atoms with Crippen molar-refractivity contribution in [2.75, 3.05) is 11.9 Å². The van der Waals surface area contributed by atoms with Crippen molar-refractivity contribution in [3.8, 4) is 11.4 Å². The van der Waals surface area contributed by atoms with Crippen molar-refractivity contribution in [3.63, 3.8) is 0 Å². The number of rotatable bonds is 3. The summed E-state index contributed by atoms with van der Waals surface area (Å²) in [4.78, 5) is 9.21. The molecule has 0 spiro atoms. The molecule has 0 aliphatic heterocycles. The second-order valence-corrected chi connectivity index (χ2v) is 4.71. The molecule has 0 bridgehead atoms. The molecular formula is C15H16FN3. The van der Waals surface area contributed by atoms with Crippen LogP contribution in [0.1, 0.15) is 24.6 Å². The summed E-state index contributed by atoms with van der Waals surface area (Å²) in [6.07, 6.45) is 3.18. The van der Waals surface area contributed by atoms with Crippen LogP contribution in [0.5, 0.6) is 0 Å². The predicted molar refractivity (Wildman–Crippen MR) is 73.6 cm³/mol. The Bertz CT molecular complexity index is 593. The SMILES string of the molecule is CCNc1nc(-c2ccc(F)cc2)nc2c1CCC2. The Morgan fingerprint density at radius 2 is 1.95 bits per heavy atom.